The molecule has 4 fully saturated rings. The number of nitriles is 1. The van der Waals surface area contributed by atoms with Crippen LogP contribution in [0.2, 0.25) is 5.02 Å². The fourth-order valence-electron chi connectivity index (χ4n) is 10.5. The molecule has 3 aliphatic heterocycles. The third-order valence-electron chi connectivity index (χ3n) is 13.6. The van der Waals surface area contributed by atoms with E-state index in [2.05, 4.69) is 32.0 Å². The van der Waals surface area contributed by atoms with Gasteiger partial charge in [-0.25, -0.2) is 4.98 Å². The van der Waals surface area contributed by atoms with E-state index in [9.17, 15) is 29.2 Å². The van der Waals surface area contributed by atoms with Crippen LogP contribution in [0.4, 0.5) is 0 Å². The normalized spacial score (nSPS) is 22.4. The molecule has 16 nitrogen and oxygen atoms in total. The number of hydrogen-bond donors (Lipinski definition) is 1. The molecule has 2 aromatic heterocycles. The maximum atomic E-state index is 14.3. The Bertz CT molecular complexity index is 2670. The highest BCUT2D eigenvalue weighted by Crippen LogP contribution is 2.59. The lowest BCUT2D eigenvalue weighted by Gasteiger charge is -2.65. The van der Waals surface area contributed by atoms with Crippen molar-refractivity contribution in [2.45, 2.75) is 84.4 Å². The summed E-state index contributed by atoms with van der Waals surface area (Å²) in [6, 6.07) is 13.3. The van der Waals surface area contributed by atoms with Crippen LogP contribution in [0, 0.1) is 45.8 Å². The minimum absolute atomic E-state index is 0.0244. The number of fused-ring (bicyclic) bond motifs is 1. The van der Waals surface area contributed by atoms with Gasteiger partial charge < -0.3 is 25.0 Å². The van der Waals surface area contributed by atoms with Crippen molar-refractivity contribution in [1.82, 2.24) is 34.7 Å². The van der Waals surface area contributed by atoms with Gasteiger partial charge in [0.05, 0.1) is 27.6 Å². The summed E-state index contributed by atoms with van der Waals surface area (Å²) in [6.45, 7) is 11.7. The number of benzene rings is 2. The number of likely N-dealkylation sites (tertiary alicyclic amines) is 3. The fraction of sp³-hybridized carbons (Fsp3) is 0.479. The SMILES string of the molecule is CC1(C)C(Oc2ccc(C#N)c(Cl)c2)C(C)(C)C1N1C(=O)CCC(n2nnc3ccc(OCC(=O)N4CCC(CN5CCC(C#Cc6ccc(C(N)=O)cn6)CC5)CC4)cc3c2=O)C1=O. The molecular formula is C48H52ClN9O7. The van der Waals surface area contributed by atoms with Gasteiger partial charge in [0.1, 0.15) is 40.9 Å². The molecule has 5 heterocycles. The molecule has 3 saturated heterocycles. The summed E-state index contributed by atoms with van der Waals surface area (Å²) in [4.78, 5) is 76.3. The first-order chi connectivity index (χ1) is 31.0. The van der Waals surface area contributed by atoms with E-state index in [-0.39, 0.29) is 47.6 Å². The minimum atomic E-state index is -1.07. The Kier molecular flexibility index (Phi) is 12.7. The van der Waals surface area contributed by atoms with Crippen LogP contribution in [0.5, 0.6) is 11.5 Å². The van der Waals surface area contributed by atoms with Crippen LogP contribution in [0.25, 0.3) is 10.9 Å². The average Bonchev–Trinajstić information content (AvgIpc) is 3.29. The third-order valence-corrected chi connectivity index (χ3v) is 13.9. The van der Waals surface area contributed by atoms with Gasteiger partial charge in [-0.1, -0.05) is 50.4 Å². The third kappa shape index (κ3) is 9.15. The Balaban J connectivity index is 0.842. The van der Waals surface area contributed by atoms with Gasteiger partial charge in [0.2, 0.25) is 11.8 Å². The Labute approximate surface area is 382 Å². The van der Waals surface area contributed by atoms with E-state index in [1.54, 1.807) is 42.5 Å². The molecule has 0 bridgehead atoms. The molecule has 4 aliphatic rings. The smallest absolute Gasteiger partial charge is 0.278 e. The molecular weight excluding hydrogens is 850 g/mol. The Morgan fingerprint density at radius 2 is 1.65 bits per heavy atom. The summed E-state index contributed by atoms with van der Waals surface area (Å²) < 4.78 is 13.4. The van der Waals surface area contributed by atoms with Crippen LogP contribution in [0.3, 0.4) is 0 Å². The van der Waals surface area contributed by atoms with Crippen molar-refractivity contribution >= 4 is 46.1 Å². The molecule has 2 aromatic carbocycles. The number of pyridine rings is 1. The van der Waals surface area contributed by atoms with Gasteiger partial charge in [-0.3, -0.25) is 28.9 Å². The minimum Gasteiger partial charge on any atom is -0.489 e. The van der Waals surface area contributed by atoms with Crippen LogP contribution in [-0.2, 0) is 14.4 Å². The maximum absolute atomic E-state index is 14.3. The van der Waals surface area contributed by atoms with Crippen molar-refractivity contribution in [2.75, 3.05) is 39.3 Å². The summed E-state index contributed by atoms with van der Waals surface area (Å²) in [5.41, 5.74) is 4.95. The number of piperidine rings is 3. The fourth-order valence-corrected chi connectivity index (χ4v) is 10.7. The van der Waals surface area contributed by atoms with Gasteiger partial charge in [-0.2, -0.15) is 9.94 Å². The zero-order valence-corrected chi connectivity index (χ0v) is 37.7. The Morgan fingerprint density at radius 3 is 2.31 bits per heavy atom. The van der Waals surface area contributed by atoms with Crippen molar-refractivity contribution in [1.29, 1.82) is 5.26 Å². The van der Waals surface area contributed by atoms with Gasteiger partial charge in [0.15, 0.2) is 6.61 Å². The van der Waals surface area contributed by atoms with E-state index in [1.807, 2.05) is 38.7 Å². The second-order valence-electron chi connectivity index (χ2n) is 18.7. The van der Waals surface area contributed by atoms with Gasteiger partial charge in [-0.15, -0.1) is 5.10 Å². The lowest BCUT2D eigenvalue weighted by atomic mass is 9.48. The van der Waals surface area contributed by atoms with Crippen molar-refractivity contribution in [3.63, 3.8) is 0 Å². The summed E-state index contributed by atoms with van der Waals surface area (Å²) in [7, 11) is 0. The monoisotopic (exact) mass is 901 g/mol. The summed E-state index contributed by atoms with van der Waals surface area (Å²) >= 11 is 6.28. The number of carbonyl (C=O) groups excluding carboxylic acids is 4. The first-order valence-electron chi connectivity index (χ1n) is 22.1. The molecule has 8 rings (SSSR count). The van der Waals surface area contributed by atoms with E-state index in [0.717, 1.165) is 50.0 Å². The molecule has 17 heteroatoms. The summed E-state index contributed by atoms with van der Waals surface area (Å²) in [5.74, 6) is 6.48. The predicted octanol–water partition coefficient (Wildman–Crippen LogP) is 4.76. The number of ether oxygens (including phenoxy) is 2. The molecule has 1 saturated carbocycles. The number of aromatic nitrogens is 4. The Hall–Kier alpha value is -6.36. The van der Waals surface area contributed by atoms with E-state index < -0.39 is 46.4 Å². The molecule has 1 aliphatic carbocycles. The Morgan fingerprint density at radius 1 is 0.923 bits per heavy atom. The van der Waals surface area contributed by atoms with E-state index in [4.69, 9.17) is 26.8 Å². The van der Waals surface area contributed by atoms with Crippen molar-refractivity contribution in [3.05, 3.63) is 86.9 Å². The standard InChI is InChI=1S/C48H52ClN9O7/c1-47(2)45(48(3,4)46(47)65-35-10-7-31(25-50)37(49)24-35)57-40(59)14-13-39(44(57)63)58-43(62)36-23-34(11-12-38(36)53-54-58)64-28-41(60)56-21-17-30(18-22-56)27-55-19-15-29(16-20-55)5-8-33-9-6-32(26-52-33)42(51)61/h6-7,9-12,23-24,26,29-30,39,45-46H,13-22,27-28H2,1-4H3,(H2,51,61). The zero-order chi connectivity index (χ0) is 46.2. The number of rotatable bonds is 10. The van der Waals surface area contributed by atoms with Crippen LogP contribution in [-0.4, -0.2) is 110 Å². The highest BCUT2D eigenvalue weighted by atomic mass is 35.5. The van der Waals surface area contributed by atoms with Gasteiger partial charge in [0, 0.05) is 55.1 Å². The number of primary amides is 1. The lowest BCUT2D eigenvalue weighted by Crippen LogP contribution is -2.77. The molecule has 2 N–H and O–H groups in total. The number of nitrogens with two attached hydrogens (primary N) is 1. The van der Waals surface area contributed by atoms with E-state index in [0.29, 0.717) is 52.8 Å². The molecule has 65 heavy (non-hydrogen) atoms. The maximum Gasteiger partial charge on any atom is 0.278 e. The zero-order valence-electron chi connectivity index (χ0n) is 37.0. The van der Waals surface area contributed by atoms with Crippen molar-refractivity contribution < 1.29 is 28.7 Å². The number of hydrogen-bond acceptors (Lipinski definition) is 12. The average molecular weight is 902 g/mol. The molecule has 338 valence electrons. The first kappa shape index (κ1) is 45.2. The van der Waals surface area contributed by atoms with Crippen LogP contribution in [0.1, 0.15) is 93.9 Å². The largest absolute Gasteiger partial charge is 0.489 e. The molecule has 4 amide bonds. The molecule has 1 unspecified atom stereocenters. The highest BCUT2D eigenvalue weighted by Gasteiger charge is 2.68. The van der Waals surface area contributed by atoms with Gasteiger partial charge in [0.25, 0.3) is 17.4 Å². The molecule has 1 atom stereocenters. The van der Waals surface area contributed by atoms with E-state index >= 15 is 0 Å². The molecule has 0 spiro atoms. The van der Waals surface area contributed by atoms with Gasteiger partial charge >= 0.3 is 0 Å². The number of halogens is 1. The van der Waals surface area contributed by atoms with Crippen molar-refractivity contribution in [3.8, 4) is 29.4 Å². The van der Waals surface area contributed by atoms with Crippen LogP contribution in [0.15, 0.2) is 59.5 Å². The number of carbonyl (C=O) groups is 4. The topological polar surface area (TPSA) is 207 Å². The summed E-state index contributed by atoms with van der Waals surface area (Å²) in [5, 5.41) is 18.1. The molecule has 0 radical (unpaired) electrons. The first-order valence-corrected chi connectivity index (χ1v) is 22.4. The second kappa shape index (κ2) is 18.3. The van der Waals surface area contributed by atoms with E-state index in [1.165, 1.54) is 17.2 Å². The second-order valence-corrected chi connectivity index (χ2v) is 19.1. The van der Waals surface area contributed by atoms with Crippen molar-refractivity contribution in [2.24, 2.45) is 28.4 Å². The quantitative estimate of drug-likeness (QED) is 0.169. The highest BCUT2D eigenvalue weighted by molar-refractivity contribution is 6.31. The number of amides is 4. The number of imide groups is 1. The number of nitrogens with zero attached hydrogens (tertiary/aromatic N) is 8. The van der Waals surface area contributed by atoms with Crippen LogP contribution >= 0.6 is 11.6 Å². The van der Waals surface area contributed by atoms with Gasteiger partial charge in [-0.05, 0) is 99.5 Å². The lowest BCUT2D eigenvalue weighted by molar-refractivity contribution is -0.216. The summed E-state index contributed by atoms with van der Waals surface area (Å²) in [6.07, 6.45) is 4.87. The molecule has 4 aromatic rings. The van der Waals surface area contributed by atoms with Crippen LogP contribution < -0.4 is 20.8 Å². The predicted molar refractivity (Wildman–Crippen MR) is 239 cm³/mol.